The summed E-state index contributed by atoms with van der Waals surface area (Å²) in [4.78, 5) is 20.0. The Kier molecular flexibility index (Phi) is 8.99. The molecule has 10 nitrogen and oxygen atoms in total. The van der Waals surface area contributed by atoms with E-state index in [1.165, 1.54) is 22.9 Å². The molecule has 0 spiro atoms. The average Bonchev–Trinajstić information content (AvgIpc) is 3.33. The summed E-state index contributed by atoms with van der Waals surface area (Å²) in [5.74, 6) is 0.378. The van der Waals surface area contributed by atoms with Gasteiger partial charge in [-0.05, 0) is 48.7 Å². The van der Waals surface area contributed by atoms with E-state index in [9.17, 15) is 9.90 Å². The van der Waals surface area contributed by atoms with Crippen LogP contribution in [0, 0.1) is 12.7 Å². The summed E-state index contributed by atoms with van der Waals surface area (Å²) >= 11 is 0. The molecule has 0 bridgehead atoms. The molecule has 1 aliphatic rings. The zero-order chi connectivity index (χ0) is 31.3. The van der Waals surface area contributed by atoms with Crippen LogP contribution in [0.4, 0.5) is 4.39 Å². The number of benzene rings is 3. The van der Waals surface area contributed by atoms with Crippen molar-refractivity contribution in [2.45, 2.75) is 19.9 Å². The van der Waals surface area contributed by atoms with Crippen LogP contribution in [-0.2, 0) is 11.3 Å². The van der Waals surface area contributed by atoms with E-state index in [2.05, 4.69) is 9.88 Å². The summed E-state index contributed by atoms with van der Waals surface area (Å²) in [5.41, 5.74) is 2.24. The van der Waals surface area contributed by atoms with Gasteiger partial charge in [0.15, 0.2) is 23.1 Å². The first kappa shape index (κ1) is 30.2. The Balaban J connectivity index is 1.19. The number of nitrogens with zero attached hydrogens (tertiary/aromatic N) is 4. The van der Waals surface area contributed by atoms with Crippen LogP contribution in [0.15, 0.2) is 77.9 Å². The molecule has 6 rings (SSSR count). The second kappa shape index (κ2) is 13.4. The van der Waals surface area contributed by atoms with Crippen LogP contribution in [0.5, 0.6) is 28.9 Å². The average molecular weight is 615 g/mol. The number of pyridine rings is 1. The van der Waals surface area contributed by atoms with Crippen molar-refractivity contribution < 1.29 is 28.4 Å². The van der Waals surface area contributed by atoms with E-state index >= 15 is 4.39 Å². The molecule has 3 heterocycles. The van der Waals surface area contributed by atoms with Gasteiger partial charge < -0.3 is 24.1 Å². The normalized spacial score (nSPS) is 13.7. The van der Waals surface area contributed by atoms with Crippen LogP contribution in [-0.4, -0.2) is 70.7 Å². The maximum atomic E-state index is 15.4. The fourth-order valence-corrected chi connectivity index (χ4v) is 5.42. The van der Waals surface area contributed by atoms with Gasteiger partial charge in [-0.25, -0.2) is 13.8 Å². The lowest BCUT2D eigenvalue weighted by atomic mass is 10.1. The van der Waals surface area contributed by atoms with Crippen LogP contribution in [0.2, 0.25) is 0 Å². The van der Waals surface area contributed by atoms with Gasteiger partial charge in [-0.15, -0.1) is 0 Å². The molecule has 2 aromatic heterocycles. The van der Waals surface area contributed by atoms with E-state index in [4.69, 9.17) is 18.9 Å². The van der Waals surface area contributed by atoms with Gasteiger partial charge in [0.05, 0.1) is 50.9 Å². The molecule has 0 saturated carbocycles. The van der Waals surface area contributed by atoms with Gasteiger partial charge in [0, 0.05) is 43.4 Å². The van der Waals surface area contributed by atoms with Crippen molar-refractivity contribution in [2.75, 3.05) is 46.6 Å². The Morgan fingerprint density at radius 3 is 2.60 bits per heavy atom. The SMILES string of the molecule is COc1cc2c(Oc3ccc(-n4c(O)cn(Cc5ccccc5C)c4=O)cc3F)ccnc2cc1OCCCN1CCOCC1. The number of aromatic hydroxyl groups is 1. The van der Waals surface area contributed by atoms with Crippen LogP contribution in [0.1, 0.15) is 17.5 Å². The van der Waals surface area contributed by atoms with Crippen molar-refractivity contribution in [1.29, 1.82) is 0 Å². The Bertz CT molecular complexity index is 1860. The van der Waals surface area contributed by atoms with Gasteiger partial charge >= 0.3 is 5.69 Å². The molecule has 0 atom stereocenters. The van der Waals surface area contributed by atoms with Gasteiger partial charge in [0.1, 0.15) is 5.75 Å². The highest BCUT2D eigenvalue weighted by Gasteiger charge is 2.18. The Morgan fingerprint density at radius 2 is 1.82 bits per heavy atom. The summed E-state index contributed by atoms with van der Waals surface area (Å²) in [6, 6.07) is 17.0. The maximum Gasteiger partial charge on any atom is 0.336 e. The van der Waals surface area contributed by atoms with E-state index in [0.717, 1.165) is 61.0 Å². The number of hydrogen-bond acceptors (Lipinski definition) is 8. The van der Waals surface area contributed by atoms with E-state index in [1.54, 1.807) is 31.5 Å². The molecular weight excluding hydrogens is 579 g/mol. The predicted molar refractivity (Wildman–Crippen MR) is 168 cm³/mol. The standard InChI is InChI=1S/C34H35FN4O6/c1-23-6-3-4-7-24(23)21-38-22-33(40)39(34(38)41)25-8-9-30(27(35)18-25)45-29-10-11-36-28-20-32(31(42-2)19-26(28)29)44-15-5-12-37-13-16-43-17-14-37/h3-4,6-11,18-20,22,40H,5,12-17,21H2,1-2H3. The van der Waals surface area contributed by atoms with Crippen LogP contribution < -0.4 is 19.9 Å². The van der Waals surface area contributed by atoms with Crippen molar-refractivity contribution in [2.24, 2.45) is 0 Å². The molecule has 1 aliphatic heterocycles. The number of rotatable bonds is 11. The van der Waals surface area contributed by atoms with Crippen LogP contribution >= 0.6 is 0 Å². The summed E-state index contributed by atoms with van der Waals surface area (Å²) in [5, 5.41) is 11.2. The molecule has 0 unspecified atom stereocenters. The smallest absolute Gasteiger partial charge is 0.336 e. The molecule has 234 valence electrons. The fraction of sp³-hybridized carbons (Fsp3) is 0.294. The van der Waals surface area contributed by atoms with E-state index < -0.39 is 11.5 Å². The van der Waals surface area contributed by atoms with Crippen molar-refractivity contribution in [3.63, 3.8) is 0 Å². The van der Waals surface area contributed by atoms with Gasteiger partial charge in [0.25, 0.3) is 0 Å². The number of imidazole rings is 1. The number of methoxy groups -OCH3 is 1. The zero-order valence-corrected chi connectivity index (χ0v) is 25.2. The lowest BCUT2D eigenvalue weighted by molar-refractivity contribution is 0.0357. The second-order valence-corrected chi connectivity index (χ2v) is 10.9. The highest BCUT2D eigenvalue weighted by atomic mass is 19.1. The highest BCUT2D eigenvalue weighted by molar-refractivity contribution is 5.88. The topological polar surface area (TPSA) is 100 Å². The summed E-state index contributed by atoms with van der Waals surface area (Å²) in [6.45, 7) is 7.04. The largest absolute Gasteiger partial charge is 0.493 e. The van der Waals surface area contributed by atoms with E-state index in [-0.39, 0.29) is 23.9 Å². The lowest BCUT2D eigenvalue weighted by Crippen LogP contribution is -2.37. The Labute approximate surface area is 259 Å². The van der Waals surface area contributed by atoms with Gasteiger partial charge in [-0.3, -0.25) is 14.5 Å². The first-order valence-corrected chi connectivity index (χ1v) is 14.8. The molecule has 3 aromatic carbocycles. The maximum absolute atomic E-state index is 15.4. The molecule has 45 heavy (non-hydrogen) atoms. The van der Waals surface area contributed by atoms with Crippen molar-refractivity contribution in [1.82, 2.24) is 19.0 Å². The molecule has 0 amide bonds. The molecule has 0 radical (unpaired) electrons. The Morgan fingerprint density at radius 1 is 1.00 bits per heavy atom. The summed E-state index contributed by atoms with van der Waals surface area (Å²) in [7, 11) is 1.56. The van der Waals surface area contributed by atoms with Gasteiger partial charge in [-0.2, -0.15) is 0 Å². The molecule has 11 heteroatoms. The number of hydrogen-bond donors (Lipinski definition) is 1. The number of halogens is 1. The minimum atomic E-state index is -0.706. The first-order valence-electron chi connectivity index (χ1n) is 14.8. The van der Waals surface area contributed by atoms with E-state index in [0.29, 0.717) is 34.8 Å². The minimum absolute atomic E-state index is 0.0551. The predicted octanol–water partition coefficient (Wildman–Crippen LogP) is 5.29. The fourth-order valence-electron chi connectivity index (χ4n) is 5.42. The van der Waals surface area contributed by atoms with Crippen LogP contribution in [0.25, 0.3) is 16.6 Å². The van der Waals surface area contributed by atoms with Gasteiger partial charge in [-0.1, -0.05) is 24.3 Å². The number of aromatic nitrogens is 3. The zero-order valence-electron chi connectivity index (χ0n) is 25.2. The van der Waals surface area contributed by atoms with Crippen molar-refractivity contribution in [3.05, 3.63) is 100 Å². The summed E-state index contributed by atoms with van der Waals surface area (Å²) in [6.07, 6.45) is 3.78. The number of fused-ring (bicyclic) bond motifs is 1. The molecule has 5 aromatic rings. The second-order valence-electron chi connectivity index (χ2n) is 10.9. The first-order chi connectivity index (χ1) is 21.9. The Hall–Kier alpha value is -4.87. The lowest BCUT2D eigenvalue weighted by Gasteiger charge is -2.26. The minimum Gasteiger partial charge on any atom is -0.493 e. The van der Waals surface area contributed by atoms with Gasteiger partial charge in [0.2, 0.25) is 5.88 Å². The third kappa shape index (κ3) is 6.64. The molecule has 0 aliphatic carbocycles. The molecule has 1 N–H and O–H groups in total. The third-order valence-electron chi connectivity index (χ3n) is 7.90. The third-order valence-corrected chi connectivity index (χ3v) is 7.90. The highest BCUT2D eigenvalue weighted by Crippen LogP contribution is 2.38. The van der Waals surface area contributed by atoms with Crippen molar-refractivity contribution >= 4 is 10.9 Å². The summed E-state index contributed by atoms with van der Waals surface area (Å²) < 4.78 is 40.9. The molecule has 1 saturated heterocycles. The quantitative estimate of drug-likeness (QED) is 0.201. The van der Waals surface area contributed by atoms with Crippen LogP contribution in [0.3, 0.4) is 0 Å². The number of morpholine rings is 1. The molecule has 1 fully saturated rings. The van der Waals surface area contributed by atoms with E-state index in [1.807, 2.05) is 31.2 Å². The monoisotopic (exact) mass is 614 g/mol. The molecular formula is C34H35FN4O6. The number of ether oxygens (including phenoxy) is 4. The van der Waals surface area contributed by atoms with Crippen molar-refractivity contribution in [3.8, 4) is 34.6 Å². The number of aryl methyl sites for hydroxylation is 1.